The van der Waals surface area contributed by atoms with Crippen LogP contribution in [0.1, 0.15) is 19.0 Å². The van der Waals surface area contributed by atoms with Crippen LogP contribution in [0.4, 0.5) is 5.13 Å². The molecule has 1 saturated heterocycles. The fourth-order valence-electron chi connectivity index (χ4n) is 3.78. The number of carbonyl (C=O) groups excluding carboxylic acids is 2. The van der Waals surface area contributed by atoms with Crippen LogP contribution in [-0.2, 0) is 25.8 Å². The highest BCUT2D eigenvalue weighted by Gasteiger charge is 2.54. The Morgan fingerprint density at radius 3 is 2.90 bits per heavy atom. The number of aliphatic carboxylic acids is 1. The molecule has 4 rings (SSSR count). The monoisotopic (exact) mass is 610 g/mol. The van der Waals surface area contributed by atoms with Crippen molar-refractivity contribution in [3.63, 3.8) is 0 Å². The summed E-state index contributed by atoms with van der Waals surface area (Å²) in [4.78, 5) is 48.6. The molecule has 2 atom stereocenters. The van der Waals surface area contributed by atoms with Crippen LogP contribution in [0.25, 0.3) is 0 Å². The molecule has 40 heavy (non-hydrogen) atoms. The molecule has 20 heteroatoms. The molecule has 0 radical (unpaired) electrons. The molecule has 0 spiro atoms. The van der Waals surface area contributed by atoms with Gasteiger partial charge in [0.05, 0.1) is 0 Å². The molecule has 2 aliphatic rings. The number of hydrogen-bond donors (Lipinski definition) is 6. The smallest absolute Gasteiger partial charge is 0.352 e. The van der Waals surface area contributed by atoms with E-state index in [0.29, 0.717) is 36.0 Å². The Morgan fingerprint density at radius 2 is 2.23 bits per heavy atom. The van der Waals surface area contributed by atoms with Crippen molar-refractivity contribution in [1.29, 1.82) is 5.41 Å². The molecular formula is C20H26N12O5S3. The van der Waals surface area contributed by atoms with E-state index in [9.17, 15) is 19.5 Å². The summed E-state index contributed by atoms with van der Waals surface area (Å²) in [6, 6.07) is -0.959. The second-order valence-electron chi connectivity index (χ2n) is 8.21. The van der Waals surface area contributed by atoms with Crippen LogP contribution >= 0.6 is 34.9 Å². The predicted molar refractivity (Wildman–Crippen MR) is 147 cm³/mol. The number of nitrogens with zero attached hydrogens (tertiary/aromatic N) is 7. The summed E-state index contributed by atoms with van der Waals surface area (Å²) in [5, 5.41) is 39.6. The van der Waals surface area contributed by atoms with Crippen LogP contribution in [0.2, 0.25) is 0 Å². The van der Waals surface area contributed by atoms with E-state index in [1.807, 2.05) is 0 Å². The maximum absolute atomic E-state index is 13.1. The van der Waals surface area contributed by atoms with Crippen molar-refractivity contribution in [1.82, 2.24) is 40.7 Å². The summed E-state index contributed by atoms with van der Waals surface area (Å²) < 4.78 is 1.57. The van der Waals surface area contributed by atoms with Crippen molar-refractivity contribution in [2.24, 2.45) is 10.9 Å². The highest BCUT2D eigenvalue weighted by molar-refractivity contribution is 8.01. The summed E-state index contributed by atoms with van der Waals surface area (Å²) in [5.41, 5.74) is 11.4. The third kappa shape index (κ3) is 6.45. The predicted octanol–water partition coefficient (Wildman–Crippen LogP) is -1.14. The van der Waals surface area contributed by atoms with Gasteiger partial charge in [-0.25, -0.2) is 14.5 Å². The lowest BCUT2D eigenvalue weighted by Gasteiger charge is -2.49. The van der Waals surface area contributed by atoms with Gasteiger partial charge in [0.2, 0.25) is 5.16 Å². The summed E-state index contributed by atoms with van der Waals surface area (Å²) in [6.07, 6.45) is 0.612. The molecule has 2 amide bonds. The molecular weight excluding hydrogens is 585 g/mol. The molecule has 0 unspecified atom stereocenters. The zero-order valence-corrected chi connectivity index (χ0v) is 23.5. The molecule has 2 aromatic heterocycles. The Hall–Kier alpha value is -3.91. The van der Waals surface area contributed by atoms with Gasteiger partial charge < -0.3 is 32.0 Å². The molecule has 2 aromatic rings. The van der Waals surface area contributed by atoms with Gasteiger partial charge in [0.15, 0.2) is 16.8 Å². The van der Waals surface area contributed by atoms with Gasteiger partial charge in [0.1, 0.15) is 29.4 Å². The lowest BCUT2D eigenvalue weighted by Crippen LogP contribution is -2.71. The van der Waals surface area contributed by atoms with E-state index < -0.39 is 29.2 Å². The van der Waals surface area contributed by atoms with Crippen LogP contribution in [0.5, 0.6) is 0 Å². The third-order valence-electron chi connectivity index (χ3n) is 5.54. The topological polar surface area (TPSA) is 253 Å². The summed E-state index contributed by atoms with van der Waals surface area (Å²) in [6.45, 7) is 2.84. The number of rotatable bonds is 13. The second-order valence-corrected chi connectivity index (χ2v) is 11.2. The Bertz CT molecular complexity index is 1360. The first kappa shape index (κ1) is 29.1. The van der Waals surface area contributed by atoms with E-state index in [-0.39, 0.29) is 40.6 Å². The Morgan fingerprint density at radius 1 is 1.43 bits per heavy atom. The maximum atomic E-state index is 13.1. The Kier molecular flexibility index (Phi) is 9.42. The number of nitrogens with one attached hydrogen (secondary N) is 3. The number of guanidine groups is 1. The zero-order valence-electron chi connectivity index (χ0n) is 21.1. The molecule has 17 nitrogen and oxygen atoms in total. The van der Waals surface area contributed by atoms with E-state index in [1.165, 1.54) is 28.4 Å². The number of aryl methyl sites for hydroxylation is 1. The van der Waals surface area contributed by atoms with Crippen LogP contribution in [0.15, 0.2) is 27.0 Å². The molecule has 1 fully saturated rings. The largest absolute Gasteiger partial charge is 0.477 e. The average molecular weight is 611 g/mol. The number of fused-ring (bicyclic) bond motifs is 1. The minimum atomic E-state index is -1.24. The van der Waals surface area contributed by atoms with Gasteiger partial charge in [-0.05, 0) is 29.3 Å². The number of carbonyl (C=O) groups is 3. The van der Waals surface area contributed by atoms with Crippen molar-refractivity contribution in [2.45, 2.75) is 36.5 Å². The maximum Gasteiger partial charge on any atom is 0.352 e. The Balaban J connectivity index is 1.42. The fourth-order valence-corrected chi connectivity index (χ4v) is 6.71. The van der Waals surface area contributed by atoms with Gasteiger partial charge in [-0.3, -0.25) is 19.9 Å². The van der Waals surface area contributed by atoms with Crippen LogP contribution in [-0.4, -0.2) is 101 Å². The van der Waals surface area contributed by atoms with E-state index >= 15 is 0 Å². The third-order valence-corrected chi connectivity index (χ3v) is 8.59. The van der Waals surface area contributed by atoms with Crippen LogP contribution in [0.3, 0.4) is 0 Å². The van der Waals surface area contributed by atoms with Crippen LogP contribution < -0.4 is 22.1 Å². The van der Waals surface area contributed by atoms with E-state index in [4.69, 9.17) is 21.7 Å². The SMILES string of the molecule is CCO/N=C(\C(=O)N[C@@H]1C(=O)N2C(C(=O)O)=C(CSc3nnnn3CCCNC(=N)N)CS[C@@H]12)c1csc(N)n1. The number of oxime groups is 1. The summed E-state index contributed by atoms with van der Waals surface area (Å²) in [7, 11) is 0. The molecule has 4 heterocycles. The van der Waals surface area contributed by atoms with Gasteiger partial charge in [0.25, 0.3) is 11.8 Å². The van der Waals surface area contributed by atoms with Crippen molar-refractivity contribution >= 4 is 69.4 Å². The van der Waals surface area contributed by atoms with E-state index in [0.717, 1.165) is 11.3 Å². The quantitative estimate of drug-likeness (QED) is 0.0391. The number of nitrogen functional groups attached to an aromatic ring is 1. The lowest BCUT2D eigenvalue weighted by molar-refractivity contribution is -0.150. The van der Waals surface area contributed by atoms with Crippen molar-refractivity contribution in [3.8, 4) is 0 Å². The van der Waals surface area contributed by atoms with Gasteiger partial charge in [-0.15, -0.1) is 28.2 Å². The number of anilines is 1. The molecule has 0 saturated carbocycles. The lowest BCUT2D eigenvalue weighted by atomic mass is 10.0. The number of tetrazole rings is 1. The molecule has 0 bridgehead atoms. The summed E-state index contributed by atoms with van der Waals surface area (Å²) in [5.74, 6) is -2.05. The number of aromatic nitrogens is 5. The van der Waals surface area contributed by atoms with E-state index in [2.05, 4.69) is 36.3 Å². The second kappa shape index (κ2) is 13.0. The summed E-state index contributed by atoms with van der Waals surface area (Å²) >= 11 is 3.71. The van der Waals surface area contributed by atoms with Crippen LogP contribution in [0, 0.1) is 5.41 Å². The molecule has 8 N–H and O–H groups in total. The average Bonchev–Trinajstić information content (AvgIpc) is 3.56. The number of thioether (sulfide) groups is 2. The number of nitrogens with two attached hydrogens (primary N) is 2. The highest BCUT2D eigenvalue weighted by Crippen LogP contribution is 2.41. The van der Waals surface area contributed by atoms with Crippen molar-refractivity contribution in [2.75, 3.05) is 30.4 Å². The highest BCUT2D eigenvalue weighted by atomic mass is 32.2. The Labute approximate surface area is 239 Å². The molecule has 0 aromatic carbocycles. The van der Waals surface area contributed by atoms with Crippen molar-refractivity contribution in [3.05, 3.63) is 22.3 Å². The number of thiazole rings is 1. The first-order valence-electron chi connectivity index (χ1n) is 11.8. The minimum absolute atomic E-state index is 0.119. The number of hydrogen-bond acceptors (Lipinski definition) is 14. The normalized spacial score (nSPS) is 18.7. The fraction of sp³-hybridized carbons (Fsp3) is 0.450. The minimum Gasteiger partial charge on any atom is -0.477 e. The van der Waals surface area contributed by atoms with Gasteiger partial charge in [0, 0.05) is 30.0 Å². The van der Waals surface area contributed by atoms with E-state index in [1.54, 1.807) is 17.0 Å². The first-order valence-corrected chi connectivity index (χ1v) is 14.7. The number of carboxylic acids is 1. The zero-order chi connectivity index (χ0) is 28.8. The number of amides is 2. The number of β-lactam (4-membered cyclic amide) rings is 1. The molecule has 0 aliphatic carbocycles. The van der Waals surface area contributed by atoms with Gasteiger partial charge in [-0.1, -0.05) is 16.9 Å². The molecule has 214 valence electrons. The standard InChI is InChI=1S/C20H26N12O5S3/c1-2-37-28-11(10-8-39-19(23)25-10)14(33)26-12-15(34)32-13(17(35)36)9(6-38-16(12)32)7-40-20-27-29-30-31(20)5-3-4-24-18(21)22/h8,12,16H,2-7H2,1H3,(H2,23,25)(H,26,33)(H,35,36)(H4,21,22,24)/b28-11-/t12-,16+/m1/s1. The van der Waals surface area contributed by atoms with Gasteiger partial charge >= 0.3 is 5.97 Å². The molecule has 2 aliphatic heterocycles. The van der Waals surface area contributed by atoms with Gasteiger partial charge in [-0.2, -0.15) is 0 Å². The number of carboxylic acid groups (broad SMARTS) is 1. The van der Waals surface area contributed by atoms with Crippen molar-refractivity contribution < 1.29 is 24.3 Å². The first-order chi connectivity index (χ1) is 19.2.